The van der Waals surface area contributed by atoms with Crippen LogP contribution < -0.4 is 0 Å². The largest absolute Gasteiger partial charge is 0.680 e. The van der Waals surface area contributed by atoms with E-state index in [1.54, 1.807) is 18.2 Å². The Labute approximate surface area is 98.6 Å². The zero-order valence-electron chi connectivity index (χ0n) is 9.81. The fourth-order valence-electron chi connectivity index (χ4n) is 0.910. The first-order valence-electron chi connectivity index (χ1n) is 5.13. The van der Waals surface area contributed by atoms with Crippen LogP contribution in [0.4, 0.5) is 0 Å². The van der Waals surface area contributed by atoms with E-state index in [4.69, 9.17) is 17.7 Å². The summed E-state index contributed by atoms with van der Waals surface area (Å²) in [7, 11) is -3.07. The highest BCUT2D eigenvalue weighted by Gasteiger charge is 2.44. The van der Waals surface area contributed by atoms with Crippen molar-refractivity contribution in [3.8, 4) is 0 Å². The fraction of sp³-hybridized carbons (Fsp3) is 0.455. The molecule has 0 aliphatic rings. The Bertz CT molecular complexity index is 187. The molecule has 0 aliphatic heterocycles. The lowest BCUT2D eigenvalue weighted by atomic mass is 10.7. The van der Waals surface area contributed by atoms with Crippen LogP contribution in [0.2, 0.25) is 0 Å². The van der Waals surface area contributed by atoms with Gasteiger partial charge in [-0.1, -0.05) is 18.2 Å². The molecule has 16 heavy (non-hydrogen) atoms. The maximum atomic E-state index is 5.48. The smallest absolute Gasteiger partial charge is 0.351 e. The van der Waals surface area contributed by atoms with Gasteiger partial charge in [-0.2, -0.15) is 0 Å². The molecule has 0 radical (unpaired) electrons. The van der Waals surface area contributed by atoms with Gasteiger partial charge < -0.3 is 17.7 Å². The predicted octanol–water partition coefficient (Wildman–Crippen LogP) is 2.07. The molecule has 4 nitrogen and oxygen atoms in total. The van der Waals surface area contributed by atoms with Gasteiger partial charge in [-0.05, 0) is 6.92 Å². The van der Waals surface area contributed by atoms with Crippen LogP contribution >= 0.6 is 0 Å². The summed E-state index contributed by atoms with van der Waals surface area (Å²) in [5.41, 5.74) is 0. The Hall–Kier alpha value is -0.723. The van der Waals surface area contributed by atoms with Crippen LogP contribution in [-0.2, 0) is 17.7 Å². The molecule has 5 heteroatoms. The number of hydrogen-bond acceptors (Lipinski definition) is 4. The molecule has 0 aromatic rings. The van der Waals surface area contributed by atoms with Crippen molar-refractivity contribution in [2.75, 3.05) is 26.4 Å². The molecule has 0 rings (SSSR count). The molecule has 0 atom stereocenters. The summed E-state index contributed by atoms with van der Waals surface area (Å²) in [5.74, 6) is 0. The Balaban J connectivity index is 4.48. The topological polar surface area (TPSA) is 36.9 Å². The van der Waals surface area contributed by atoms with Crippen molar-refractivity contribution >= 4 is 9.05 Å². The van der Waals surface area contributed by atoms with Crippen LogP contribution in [0.3, 0.4) is 0 Å². The van der Waals surface area contributed by atoms with E-state index >= 15 is 0 Å². The first kappa shape index (κ1) is 15.3. The molecule has 0 fully saturated rings. The Morgan fingerprint density at radius 1 is 0.812 bits per heavy atom. The van der Waals surface area contributed by atoms with E-state index in [2.05, 4.69) is 19.7 Å². The molecular formula is C11H20O4Si. The standard InChI is InChI=1S/C11H20O4Si/c1-5-9-13-16(12-8-4,14-10-6-2)15-11-7-3/h5-7H,1-3,8-11H2,4H3. The lowest BCUT2D eigenvalue weighted by molar-refractivity contribution is -0.0150. The summed E-state index contributed by atoms with van der Waals surface area (Å²) in [5, 5.41) is 0. The van der Waals surface area contributed by atoms with E-state index in [9.17, 15) is 0 Å². The first-order valence-corrected chi connectivity index (χ1v) is 6.76. The molecule has 0 aromatic heterocycles. The van der Waals surface area contributed by atoms with Crippen LogP contribution in [0.25, 0.3) is 0 Å². The highest BCUT2D eigenvalue weighted by Crippen LogP contribution is 2.12. The van der Waals surface area contributed by atoms with Gasteiger partial charge in [-0.3, -0.25) is 0 Å². The molecule has 0 bridgehead atoms. The van der Waals surface area contributed by atoms with Crippen LogP contribution in [0.5, 0.6) is 0 Å². The van der Waals surface area contributed by atoms with E-state index < -0.39 is 9.05 Å². The Morgan fingerprint density at radius 3 is 1.44 bits per heavy atom. The third-order valence-electron chi connectivity index (χ3n) is 1.45. The van der Waals surface area contributed by atoms with E-state index in [0.29, 0.717) is 26.4 Å². The van der Waals surface area contributed by atoms with Crippen LogP contribution in [-0.4, -0.2) is 35.5 Å². The average molecular weight is 244 g/mol. The Morgan fingerprint density at radius 2 is 1.19 bits per heavy atom. The van der Waals surface area contributed by atoms with Gasteiger partial charge in [0.15, 0.2) is 0 Å². The molecule has 92 valence electrons. The summed E-state index contributed by atoms with van der Waals surface area (Å²) < 4.78 is 21.9. The van der Waals surface area contributed by atoms with Gasteiger partial charge in [-0.25, -0.2) is 0 Å². The van der Waals surface area contributed by atoms with E-state index in [1.165, 1.54) is 0 Å². The highest BCUT2D eigenvalue weighted by molar-refractivity contribution is 6.53. The van der Waals surface area contributed by atoms with Crippen LogP contribution in [0.1, 0.15) is 6.92 Å². The lowest BCUT2D eigenvalue weighted by Crippen LogP contribution is -2.49. The van der Waals surface area contributed by atoms with Gasteiger partial charge in [0.25, 0.3) is 0 Å². The van der Waals surface area contributed by atoms with Gasteiger partial charge in [0.1, 0.15) is 0 Å². The van der Waals surface area contributed by atoms with Gasteiger partial charge in [0.05, 0.1) is 19.8 Å². The van der Waals surface area contributed by atoms with E-state index in [1.807, 2.05) is 6.92 Å². The second-order valence-electron chi connectivity index (χ2n) is 2.73. The van der Waals surface area contributed by atoms with Crippen molar-refractivity contribution in [1.82, 2.24) is 0 Å². The summed E-state index contributed by atoms with van der Waals surface area (Å²) in [4.78, 5) is 0. The lowest BCUT2D eigenvalue weighted by Gasteiger charge is -2.26. The minimum absolute atomic E-state index is 0.320. The van der Waals surface area contributed by atoms with Gasteiger partial charge in [0.2, 0.25) is 0 Å². The third-order valence-corrected chi connectivity index (χ3v) is 3.66. The molecule has 0 spiro atoms. The molecule has 0 saturated carbocycles. The minimum Gasteiger partial charge on any atom is -0.351 e. The van der Waals surface area contributed by atoms with Crippen molar-refractivity contribution < 1.29 is 17.7 Å². The maximum absolute atomic E-state index is 5.48. The predicted molar refractivity (Wildman–Crippen MR) is 65.8 cm³/mol. The van der Waals surface area contributed by atoms with Crippen molar-refractivity contribution in [1.29, 1.82) is 0 Å². The molecular weight excluding hydrogens is 224 g/mol. The van der Waals surface area contributed by atoms with Crippen molar-refractivity contribution in [3.05, 3.63) is 38.0 Å². The highest BCUT2D eigenvalue weighted by atomic mass is 28.4. The average Bonchev–Trinajstić information content (AvgIpc) is 2.31. The number of rotatable bonds is 11. The molecule has 0 N–H and O–H groups in total. The van der Waals surface area contributed by atoms with E-state index in [-0.39, 0.29) is 0 Å². The summed E-state index contributed by atoms with van der Waals surface area (Å²) in [6, 6.07) is 0. The monoisotopic (exact) mass is 244 g/mol. The van der Waals surface area contributed by atoms with Crippen LogP contribution in [0.15, 0.2) is 38.0 Å². The molecule has 0 aliphatic carbocycles. The second-order valence-corrected chi connectivity index (χ2v) is 4.89. The maximum Gasteiger partial charge on any atom is 0.680 e. The first-order chi connectivity index (χ1) is 7.74. The van der Waals surface area contributed by atoms with Gasteiger partial charge in [-0.15, -0.1) is 19.7 Å². The van der Waals surface area contributed by atoms with Crippen molar-refractivity contribution in [3.63, 3.8) is 0 Å². The summed E-state index contributed by atoms with van der Waals surface area (Å²) in [6.45, 7) is 14.0. The minimum atomic E-state index is -3.07. The molecule has 0 unspecified atom stereocenters. The zero-order chi connectivity index (χ0) is 12.3. The van der Waals surface area contributed by atoms with Crippen molar-refractivity contribution in [2.45, 2.75) is 6.92 Å². The van der Waals surface area contributed by atoms with Gasteiger partial charge in [0, 0.05) is 6.61 Å². The second kappa shape index (κ2) is 9.50. The fourth-order valence-corrected chi connectivity index (χ4v) is 2.73. The quantitative estimate of drug-likeness (QED) is 0.412. The summed E-state index contributed by atoms with van der Waals surface area (Å²) in [6.07, 6.45) is 4.86. The normalized spacial score (nSPS) is 11.1. The Kier molecular flexibility index (Phi) is 9.07. The molecule has 0 saturated heterocycles. The van der Waals surface area contributed by atoms with Crippen molar-refractivity contribution in [2.24, 2.45) is 0 Å². The zero-order valence-corrected chi connectivity index (χ0v) is 10.8. The van der Waals surface area contributed by atoms with E-state index in [0.717, 1.165) is 0 Å². The number of hydrogen-bond donors (Lipinski definition) is 0. The summed E-state index contributed by atoms with van der Waals surface area (Å²) >= 11 is 0. The van der Waals surface area contributed by atoms with Crippen LogP contribution in [0, 0.1) is 0 Å². The third kappa shape index (κ3) is 5.99. The van der Waals surface area contributed by atoms with Gasteiger partial charge >= 0.3 is 9.05 Å². The molecule has 0 amide bonds. The molecule has 0 aromatic carbocycles. The SMILES string of the molecule is C=CCO[Si](OCC)(OCC=C)OCC=C. The molecule has 0 heterocycles.